The molecular weight excluding hydrogens is 691 g/mol. The van der Waals surface area contributed by atoms with Crippen LogP contribution in [0.4, 0.5) is 23.0 Å². The van der Waals surface area contributed by atoms with Gasteiger partial charge in [-0.15, -0.1) is 0 Å². The van der Waals surface area contributed by atoms with Crippen LogP contribution in [0.3, 0.4) is 0 Å². The fraction of sp³-hybridized carbons (Fsp3) is 0. The van der Waals surface area contributed by atoms with E-state index in [0.717, 1.165) is 45.3 Å². The Hall–Kier alpha value is -4.77. The molecule has 5 aromatic carbocycles. The second kappa shape index (κ2) is 10.9. The zero-order valence-corrected chi connectivity index (χ0v) is 25.0. The largest absolute Gasteiger partial charge is 0.403 e. The van der Waals surface area contributed by atoms with Crippen LogP contribution in [-0.4, -0.2) is 17.5 Å². The van der Waals surface area contributed by atoms with Crippen LogP contribution in [-0.2, 0) is 20.1 Å². The van der Waals surface area contributed by atoms with Crippen molar-refractivity contribution in [3.8, 4) is 22.3 Å². The van der Waals surface area contributed by atoms with E-state index in [9.17, 15) is 0 Å². The van der Waals surface area contributed by atoms with Crippen LogP contribution in [0.25, 0.3) is 43.8 Å². The molecule has 42 heavy (non-hydrogen) atoms. The maximum atomic E-state index is 4.87. The van der Waals surface area contributed by atoms with Crippen molar-refractivity contribution in [2.45, 2.75) is 0 Å². The molecule has 2 aromatic heterocycles. The minimum Gasteiger partial charge on any atom is -0.351 e. The molecule has 0 bridgehead atoms. The molecule has 2 radical (unpaired) electrons. The van der Waals surface area contributed by atoms with Gasteiger partial charge in [-0.3, -0.25) is 0 Å². The van der Waals surface area contributed by atoms with Gasteiger partial charge in [0, 0.05) is 43.6 Å². The van der Waals surface area contributed by atoms with Gasteiger partial charge < -0.3 is 9.62 Å². The summed E-state index contributed by atoms with van der Waals surface area (Å²) in [7, 11) is 2.07. The molecule has 0 N–H and O–H groups in total. The average molecular weight is 716 g/mol. The Morgan fingerprint density at radius 3 is 1.24 bits per heavy atom. The molecule has 0 unspecified atom stereocenters. The third-order valence-corrected chi connectivity index (χ3v) is 7.79. The number of hydrogen-bond donors (Lipinski definition) is 0. The van der Waals surface area contributed by atoms with Crippen molar-refractivity contribution in [2.24, 2.45) is 0 Å². The van der Waals surface area contributed by atoms with Gasteiger partial charge in [0.05, 0.1) is 11.4 Å². The molecular formula is C36H24BIrN4. The predicted octanol–water partition coefficient (Wildman–Crippen LogP) is 8.94. The van der Waals surface area contributed by atoms with Gasteiger partial charge in [-0.2, -0.15) is 0 Å². The molecule has 0 aliphatic carbocycles. The zero-order chi connectivity index (χ0) is 27.2. The van der Waals surface area contributed by atoms with Gasteiger partial charge in [0.25, 0.3) is 0 Å². The van der Waals surface area contributed by atoms with Crippen molar-refractivity contribution in [1.29, 1.82) is 0 Å². The fourth-order valence-electron chi connectivity index (χ4n) is 5.61. The van der Waals surface area contributed by atoms with E-state index in [1.165, 1.54) is 21.5 Å². The molecule has 4 nitrogen and oxygen atoms in total. The van der Waals surface area contributed by atoms with Gasteiger partial charge in [0.1, 0.15) is 11.6 Å². The molecule has 0 fully saturated rings. The number of para-hydroxylation sites is 2. The molecule has 6 heteroatoms. The molecule has 1 aliphatic heterocycles. The number of aromatic nitrogens is 2. The minimum atomic E-state index is 0. The van der Waals surface area contributed by atoms with E-state index in [1.54, 1.807) is 0 Å². The molecule has 0 spiro atoms. The standard InChI is InChI=1S/C36H24BN4.Ir/c1-3-9-27-21-29(15-13-25(27)7-1)31-17-19-35(38-23-31)40-33-11-5-6-12-34(33)41(37-40)36-20-18-32(24-39-36)30-16-14-26-8-2-4-10-28(26)22-30;/h1-24H;. The van der Waals surface area contributed by atoms with Crippen LogP contribution in [0.15, 0.2) is 146 Å². The van der Waals surface area contributed by atoms with Gasteiger partial charge in [-0.25, -0.2) is 9.97 Å². The molecule has 0 saturated heterocycles. The molecule has 3 heterocycles. The Morgan fingerprint density at radius 2 is 0.810 bits per heavy atom. The van der Waals surface area contributed by atoms with E-state index >= 15 is 0 Å². The van der Waals surface area contributed by atoms with Gasteiger partial charge in [0.2, 0.25) is 0 Å². The second-order valence-electron chi connectivity index (χ2n) is 10.3. The molecule has 1 aliphatic rings. The molecule has 0 amide bonds. The Bertz CT molecular complexity index is 1900. The third-order valence-electron chi connectivity index (χ3n) is 7.79. The number of benzene rings is 5. The van der Waals surface area contributed by atoms with Crippen LogP contribution in [0.1, 0.15) is 0 Å². The van der Waals surface area contributed by atoms with Crippen LogP contribution < -0.4 is 9.62 Å². The second-order valence-corrected chi connectivity index (χ2v) is 10.3. The first-order chi connectivity index (χ1) is 20.3. The fourth-order valence-corrected chi connectivity index (χ4v) is 5.61. The summed E-state index contributed by atoms with van der Waals surface area (Å²) in [6.45, 7) is 0. The molecule has 0 atom stereocenters. The van der Waals surface area contributed by atoms with E-state index in [0.29, 0.717) is 0 Å². The topological polar surface area (TPSA) is 32.3 Å². The first kappa shape index (κ1) is 26.2. The number of nitrogens with zero attached hydrogens (tertiary/aromatic N) is 4. The van der Waals surface area contributed by atoms with E-state index in [1.807, 2.05) is 12.4 Å². The predicted molar refractivity (Wildman–Crippen MR) is 171 cm³/mol. The summed E-state index contributed by atoms with van der Waals surface area (Å²) in [5.74, 6) is 1.72. The van der Waals surface area contributed by atoms with Crippen molar-refractivity contribution in [3.05, 3.63) is 146 Å². The van der Waals surface area contributed by atoms with Crippen LogP contribution in [0.2, 0.25) is 0 Å². The summed E-state index contributed by atoms with van der Waals surface area (Å²) in [4.78, 5) is 14.0. The summed E-state index contributed by atoms with van der Waals surface area (Å²) in [5, 5.41) is 4.93. The van der Waals surface area contributed by atoms with Crippen molar-refractivity contribution in [2.75, 3.05) is 9.62 Å². The van der Waals surface area contributed by atoms with Gasteiger partial charge in [0.15, 0.2) is 0 Å². The Kier molecular flexibility index (Phi) is 6.79. The average Bonchev–Trinajstić information content (AvgIpc) is 3.44. The van der Waals surface area contributed by atoms with Crippen LogP contribution in [0, 0.1) is 0 Å². The van der Waals surface area contributed by atoms with Crippen LogP contribution >= 0.6 is 0 Å². The first-order valence-electron chi connectivity index (χ1n) is 13.7. The number of anilines is 4. The van der Waals surface area contributed by atoms with Gasteiger partial charge in [-0.1, -0.05) is 84.9 Å². The number of hydrogen-bond acceptors (Lipinski definition) is 4. The molecule has 200 valence electrons. The van der Waals surface area contributed by atoms with E-state index in [2.05, 4.69) is 151 Å². The zero-order valence-electron chi connectivity index (χ0n) is 22.6. The molecule has 8 rings (SSSR count). The molecule has 0 saturated carbocycles. The van der Waals surface area contributed by atoms with Crippen molar-refractivity contribution >= 4 is 52.1 Å². The third kappa shape index (κ3) is 4.65. The first-order valence-corrected chi connectivity index (χ1v) is 13.7. The summed E-state index contributed by atoms with van der Waals surface area (Å²) >= 11 is 0. The SMILES string of the molecule is [B]1N(c2ccc(-c3ccc4ccccc4c3)cn2)c2ccccc2N1c1ccc(-c2ccc3ccccc3c2)cn1.[Ir]. The Balaban J connectivity index is 0.00000288. The summed E-state index contributed by atoms with van der Waals surface area (Å²) in [6.07, 6.45) is 3.91. The van der Waals surface area contributed by atoms with Gasteiger partial charge >= 0.3 is 7.55 Å². The summed E-state index contributed by atoms with van der Waals surface area (Å²) in [6, 6.07) is 46.7. The Labute approximate surface area is 258 Å². The maximum Gasteiger partial charge on any atom is 0.403 e. The normalized spacial score (nSPS) is 12.2. The van der Waals surface area contributed by atoms with E-state index in [4.69, 9.17) is 9.97 Å². The van der Waals surface area contributed by atoms with Crippen LogP contribution in [0.5, 0.6) is 0 Å². The van der Waals surface area contributed by atoms with E-state index < -0.39 is 0 Å². The Morgan fingerprint density at radius 1 is 0.405 bits per heavy atom. The number of pyridine rings is 2. The monoisotopic (exact) mass is 716 g/mol. The quantitative estimate of drug-likeness (QED) is 0.171. The number of rotatable bonds is 4. The smallest absolute Gasteiger partial charge is 0.351 e. The van der Waals surface area contributed by atoms with Crippen molar-refractivity contribution in [3.63, 3.8) is 0 Å². The van der Waals surface area contributed by atoms with Crippen molar-refractivity contribution in [1.82, 2.24) is 9.97 Å². The van der Waals surface area contributed by atoms with Crippen molar-refractivity contribution < 1.29 is 20.1 Å². The van der Waals surface area contributed by atoms with E-state index in [-0.39, 0.29) is 20.1 Å². The summed E-state index contributed by atoms with van der Waals surface area (Å²) in [5.41, 5.74) is 6.64. The maximum absolute atomic E-state index is 4.87. The van der Waals surface area contributed by atoms with Gasteiger partial charge in [-0.05, 0) is 81.2 Å². The summed E-state index contributed by atoms with van der Waals surface area (Å²) < 4.78 is 0. The minimum absolute atomic E-state index is 0. The molecule has 7 aromatic rings. The number of fused-ring (bicyclic) bond motifs is 3.